The summed E-state index contributed by atoms with van der Waals surface area (Å²) in [6, 6.07) is 95.8. The van der Waals surface area contributed by atoms with Gasteiger partial charge in [-0.3, -0.25) is 0 Å². The van der Waals surface area contributed by atoms with E-state index in [-0.39, 0.29) is 29.0 Å². The van der Waals surface area contributed by atoms with Gasteiger partial charge in [-0.1, -0.05) is 289 Å². The number of fused-ring (bicyclic) bond motifs is 2. The molecule has 2 unspecified atom stereocenters. The monoisotopic (exact) mass is 1220 g/mol. The largest absolute Gasteiger partial charge is 0.342 e. The average Bonchev–Trinajstić information content (AvgIpc) is 0.695. The van der Waals surface area contributed by atoms with E-state index in [1.807, 2.05) is 0 Å². The third-order valence-electron chi connectivity index (χ3n) is 20.4. The van der Waals surface area contributed by atoms with Crippen molar-refractivity contribution in [1.82, 2.24) is 0 Å². The predicted molar refractivity (Wildman–Crippen MR) is 403 cm³/mol. The van der Waals surface area contributed by atoms with Gasteiger partial charge in [-0.15, -0.1) is 12.6 Å². The number of allylic oxidation sites excluding steroid dienone is 2. The van der Waals surface area contributed by atoms with Crippen LogP contribution in [0.2, 0.25) is 5.31 Å². The highest BCUT2D eigenvalue weighted by molar-refractivity contribution is 7.84. The van der Waals surface area contributed by atoms with Crippen LogP contribution < -0.4 is 46.4 Å². The summed E-state index contributed by atoms with van der Waals surface area (Å²) in [5.41, 5.74) is 17.7. The van der Waals surface area contributed by atoms with E-state index >= 15 is 0 Å². The van der Waals surface area contributed by atoms with Crippen molar-refractivity contribution in [2.45, 2.75) is 118 Å². The lowest BCUT2D eigenvalue weighted by atomic mass is 9.22. The predicted octanol–water partition coefficient (Wildman–Crippen LogP) is 19.3. The van der Waals surface area contributed by atoms with E-state index < -0.39 is 13.4 Å². The van der Waals surface area contributed by atoms with Crippen molar-refractivity contribution in [3.8, 4) is 22.3 Å². The molecule has 0 amide bonds. The Kier molecular flexibility index (Phi) is 17.3. The summed E-state index contributed by atoms with van der Waals surface area (Å²) >= 11 is 4.96. The Morgan fingerprint density at radius 3 is 1.52 bits per heavy atom. The molecule has 0 N–H and O–H groups in total. The van der Waals surface area contributed by atoms with Crippen LogP contribution in [-0.2, 0) is 10.8 Å². The summed E-state index contributed by atoms with van der Waals surface area (Å²) < 4.78 is 0. The first-order chi connectivity index (χ1) is 43.6. The molecule has 6 heteroatoms. The summed E-state index contributed by atoms with van der Waals surface area (Å²) in [5, 5.41) is 4.75. The lowest BCUT2D eigenvalue weighted by Crippen LogP contribution is -2.75. The standard InChI is InChI=1S/C85H90BN3SSi/c1-14-87(66-48-45-64(46-49-66)82(4,5)6)79-58-71(91(68-36-24-17-25-37-68,69-38-26-18-27-39-69)70-40-28-19-29-41-70)59-80-81(79)86(85(13,84(10,11)12)55-54-61(3)90)74-51-50-67(88(75-52-44-60(75)2)76-43-31-30-42-72(76)62-32-20-15-21-33-62)57-78(74)89(80)77-53-47-65(83(7,8)9)56-73(77)63-34-22-16-23-35-63/h15-43,45-51,53-60,75,90H,3,14,44,52H2,1-2,4-13H3/b55-54-/t60-,75?,85?/m1/s1. The van der Waals surface area contributed by atoms with Crippen LogP contribution >= 0.6 is 12.6 Å². The van der Waals surface area contributed by atoms with Gasteiger partial charge in [0.1, 0.15) is 0 Å². The smallest absolute Gasteiger partial charge is 0.227 e. The molecule has 3 nitrogen and oxygen atoms in total. The molecule has 1 heterocycles. The maximum Gasteiger partial charge on any atom is 0.227 e. The minimum Gasteiger partial charge on any atom is -0.342 e. The number of anilines is 7. The number of para-hydroxylation sites is 1. The SMILES string of the molecule is C=C(S)/C=C\C(C)(B1c2ccc(N(c3ccccc3-c3ccccc3)C3CC[C@H]3C)cc2N(c2ccc(C(C)(C)C)cc2-c2ccccc2)c2cc([Si](c3ccccc3)(c3ccccc3)c3ccccc3)cc(N(CC)c3ccc(C(C)(C)C)cc3)c21)C(C)(C)C. The van der Waals surface area contributed by atoms with Gasteiger partial charge in [0, 0.05) is 57.8 Å². The molecule has 0 bridgehead atoms. The van der Waals surface area contributed by atoms with Gasteiger partial charge in [-0.25, -0.2) is 0 Å². The number of hydrogen-bond acceptors (Lipinski definition) is 4. The van der Waals surface area contributed by atoms with Crippen LogP contribution in [0.25, 0.3) is 22.3 Å². The summed E-state index contributed by atoms with van der Waals surface area (Å²) in [6.45, 7) is 33.5. The van der Waals surface area contributed by atoms with E-state index in [1.54, 1.807) is 0 Å². The molecule has 0 radical (unpaired) electrons. The van der Waals surface area contributed by atoms with E-state index in [4.69, 9.17) is 12.6 Å². The van der Waals surface area contributed by atoms with Crippen molar-refractivity contribution in [2.75, 3.05) is 21.2 Å². The van der Waals surface area contributed by atoms with Gasteiger partial charge in [-0.05, 0) is 161 Å². The van der Waals surface area contributed by atoms with Gasteiger partial charge >= 0.3 is 0 Å². The molecule has 10 aromatic rings. The molecular formula is C85H90BN3SSi. The molecule has 1 aliphatic heterocycles. The topological polar surface area (TPSA) is 9.72 Å². The van der Waals surface area contributed by atoms with Crippen molar-refractivity contribution in [3.63, 3.8) is 0 Å². The zero-order valence-electron chi connectivity index (χ0n) is 55.7. The molecule has 91 heavy (non-hydrogen) atoms. The van der Waals surface area contributed by atoms with Gasteiger partial charge < -0.3 is 14.7 Å². The molecule has 10 aromatic carbocycles. The van der Waals surface area contributed by atoms with Crippen LogP contribution in [0.5, 0.6) is 0 Å². The minimum absolute atomic E-state index is 0.0260. The van der Waals surface area contributed by atoms with Crippen molar-refractivity contribution in [3.05, 3.63) is 283 Å². The van der Waals surface area contributed by atoms with Gasteiger partial charge in [0.15, 0.2) is 8.07 Å². The molecule has 12 rings (SSSR count). The number of nitrogens with zero attached hydrogens (tertiary/aromatic N) is 3. The quantitative estimate of drug-likeness (QED) is 0.0447. The van der Waals surface area contributed by atoms with Crippen LogP contribution in [0, 0.1) is 11.3 Å². The lowest BCUT2D eigenvalue weighted by Gasteiger charge is -2.51. The Morgan fingerprint density at radius 1 is 0.516 bits per heavy atom. The van der Waals surface area contributed by atoms with Crippen molar-refractivity contribution in [1.29, 1.82) is 0 Å². The van der Waals surface area contributed by atoms with E-state index in [0.717, 1.165) is 29.2 Å². The Labute approximate surface area is 551 Å². The number of benzene rings is 10. The van der Waals surface area contributed by atoms with Gasteiger partial charge in [-0.2, -0.15) is 0 Å². The Morgan fingerprint density at radius 2 is 1.02 bits per heavy atom. The van der Waals surface area contributed by atoms with Gasteiger partial charge in [0.2, 0.25) is 6.71 Å². The molecule has 3 atom stereocenters. The second-order valence-corrected chi connectivity index (χ2v) is 33.3. The maximum absolute atomic E-state index is 4.96. The molecule has 0 spiro atoms. The summed E-state index contributed by atoms with van der Waals surface area (Å²) in [4.78, 5) is 8.82. The van der Waals surface area contributed by atoms with Gasteiger partial charge in [0.25, 0.3) is 0 Å². The highest BCUT2D eigenvalue weighted by Crippen LogP contribution is 2.55. The van der Waals surface area contributed by atoms with Crippen LogP contribution in [0.4, 0.5) is 39.8 Å². The van der Waals surface area contributed by atoms with E-state index in [2.05, 4.69) is 365 Å². The highest BCUT2D eigenvalue weighted by Gasteiger charge is 2.54. The summed E-state index contributed by atoms with van der Waals surface area (Å²) in [7, 11) is -3.28. The van der Waals surface area contributed by atoms with Gasteiger partial charge in [0.05, 0.1) is 5.69 Å². The first kappa shape index (κ1) is 62.9. The summed E-state index contributed by atoms with van der Waals surface area (Å²) in [5.74, 6) is 0.484. The minimum atomic E-state index is -3.28. The average molecular weight is 1220 g/mol. The molecule has 0 saturated heterocycles. The molecule has 1 saturated carbocycles. The molecule has 2 aliphatic rings. The molecule has 1 fully saturated rings. The second kappa shape index (κ2) is 25.1. The normalized spacial score (nSPS) is 15.7. The lowest BCUT2D eigenvalue weighted by molar-refractivity contribution is 0.279. The first-order valence-corrected chi connectivity index (χ1v) is 35.5. The van der Waals surface area contributed by atoms with Crippen LogP contribution in [-0.4, -0.2) is 27.4 Å². The Hall–Kier alpha value is -8.29. The highest BCUT2D eigenvalue weighted by atomic mass is 32.1. The Balaban J connectivity index is 1.31. The number of hydrogen-bond donors (Lipinski definition) is 1. The van der Waals surface area contributed by atoms with Crippen molar-refractivity contribution in [2.24, 2.45) is 11.3 Å². The third-order valence-corrected chi connectivity index (χ3v) is 25.3. The van der Waals surface area contributed by atoms with Crippen LogP contribution in [0.1, 0.15) is 107 Å². The third kappa shape index (κ3) is 11.7. The fraction of sp³-hybridized carbons (Fsp3) is 0.247. The van der Waals surface area contributed by atoms with E-state index in [9.17, 15) is 0 Å². The zero-order chi connectivity index (χ0) is 64.0. The molecule has 1 aliphatic carbocycles. The zero-order valence-corrected chi connectivity index (χ0v) is 57.6. The fourth-order valence-corrected chi connectivity index (χ4v) is 19.6. The van der Waals surface area contributed by atoms with Crippen LogP contribution in [0.15, 0.2) is 272 Å². The molecule has 458 valence electrons. The second-order valence-electron chi connectivity index (χ2n) is 28.9. The van der Waals surface area contributed by atoms with E-state index in [1.165, 1.54) is 99.9 Å². The summed E-state index contributed by atoms with van der Waals surface area (Å²) in [6.07, 6.45) is 6.91. The Bertz CT molecular complexity index is 4140. The number of thiol groups is 1. The first-order valence-electron chi connectivity index (χ1n) is 33.0. The maximum atomic E-state index is 4.96. The molecule has 0 aromatic heterocycles. The van der Waals surface area contributed by atoms with Crippen molar-refractivity contribution < 1.29 is 0 Å². The fourth-order valence-electron chi connectivity index (χ4n) is 14.7. The van der Waals surface area contributed by atoms with E-state index in [0.29, 0.717) is 5.92 Å². The number of rotatable bonds is 16. The molecular weight excluding hydrogens is 1130 g/mol. The van der Waals surface area contributed by atoms with Crippen LogP contribution in [0.3, 0.4) is 0 Å². The van der Waals surface area contributed by atoms with Crippen molar-refractivity contribution >= 4 is 98.9 Å².